The van der Waals surface area contributed by atoms with Crippen molar-refractivity contribution in [2.75, 3.05) is 50.8 Å². The zero-order valence-electron chi connectivity index (χ0n) is 49.9. The number of hydrogen-bond acceptors (Lipinski definition) is 13. The van der Waals surface area contributed by atoms with Crippen LogP contribution in [0.25, 0.3) is 0 Å². The number of methoxy groups -OCH3 is 2. The van der Waals surface area contributed by atoms with Crippen LogP contribution in [0, 0.1) is 23.7 Å². The number of amides is 8. The number of fused-ring (bicyclic) bond motifs is 7. The Morgan fingerprint density at radius 2 is 1.52 bits per heavy atom. The van der Waals surface area contributed by atoms with E-state index in [0.717, 1.165) is 49.0 Å². The number of nitrogens with zero attached hydrogens (tertiary/aromatic N) is 4. The van der Waals surface area contributed by atoms with Crippen molar-refractivity contribution < 1.29 is 57.7 Å². The van der Waals surface area contributed by atoms with E-state index in [1.165, 1.54) is 44.4 Å². The normalized spacial score (nSPS) is 22.7. The first-order valence-corrected chi connectivity index (χ1v) is 31.3. The van der Waals surface area contributed by atoms with Gasteiger partial charge in [-0.25, -0.2) is 9.69 Å². The van der Waals surface area contributed by atoms with Crippen molar-refractivity contribution in [1.82, 2.24) is 25.3 Å². The van der Waals surface area contributed by atoms with E-state index in [0.29, 0.717) is 36.8 Å². The molecule has 3 fully saturated rings. The van der Waals surface area contributed by atoms with E-state index in [1.54, 1.807) is 99.3 Å². The lowest BCUT2D eigenvalue weighted by Crippen LogP contribution is -2.60. The number of likely N-dealkylation sites (N-methyl/N-ethyl adjacent to an activating group) is 2. The molecule has 82 heavy (non-hydrogen) atoms. The molecule has 6 bridgehead atoms. The van der Waals surface area contributed by atoms with Crippen molar-refractivity contribution in [2.45, 2.75) is 190 Å². The number of hydrogen-bond donors (Lipinski definition) is 4. The predicted octanol–water partition coefficient (Wildman–Crippen LogP) is 7.19. The molecule has 19 nitrogen and oxygen atoms in total. The number of carboxylic acids is 1. The number of carbonyl (C=O) groups excluding carboxylic acids is 8. The van der Waals surface area contributed by atoms with Gasteiger partial charge in [-0.1, -0.05) is 104 Å². The Morgan fingerprint density at radius 1 is 0.829 bits per heavy atom. The number of likely N-dealkylation sites (tertiary alicyclic amines) is 1. The molecule has 1 saturated carbocycles. The average molecular weight is 1180 g/mol. The van der Waals surface area contributed by atoms with Crippen LogP contribution in [0.2, 0.25) is 0 Å². The molecule has 0 aromatic heterocycles. The summed E-state index contributed by atoms with van der Waals surface area (Å²) in [7, 11) is 6.08. The van der Waals surface area contributed by atoms with Gasteiger partial charge in [0.15, 0.2) is 0 Å². The second-order valence-electron chi connectivity index (χ2n) is 23.5. The van der Waals surface area contributed by atoms with E-state index in [9.17, 15) is 48.3 Å². The van der Waals surface area contributed by atoms with Gasteiger partial charge in [-0.05, 0) is 73.6 Å². The lowest BCUT2D eigenvalue weighted by molar-refractivity contribution is -0.148. The van der Waals surface area contributed by atoms with E-state index in [4.69, 9.17) is 9.47 Å². The monoisotopic (exact) mass is 1180 g/mol. The molecular weight excluding hydrogens is 1090 g/mol. The first-order valence-electron chi connectivity index (χ1n) is 29.3. The van der Waals surface area contributed by atoms with Gasteiger partial charge in [0.2, 0.25) is 41.4 Å². The van der Waals surface area contributed by atoms with E-state index < -0.39 is 101 Å². The van der Waals surface area contributed by atoms with Crippen molar-refractivity contribution in [2.24, 2.45) is 23.7 Å². The fraction of sp³-hybridized carbons (Fsp3) is 0.656. The van der Waals surface area contributed by atoms with Gasteiger partial charge in [0, 0.05) is 81.6 Å². The number of thioether (sulfide) groups is 2. The summed E-state index contributed by atoms with van der Waals surface area (Å²) < 4.78 is 12.0. The van der Waals surface area contributed by atoms with Gasteiger partial charge in [0.05, 0.1) is 47.6 Å². The highest BCUT2D eigenvalue weighted by molar-refractivity contribution is 8.01. The molecule has 3 heterocycles. The van der Waals surface area contributed by atoms with Crippen LogP contribution >= 0.6 is 23.5 Å². The summed E-state index contributed by atoms with van der Waals surface area (Å²) in [4.78, 5) is 132. The summed E-state index contributed by atoms with van der Waals surface area (Å²) >= 11 is 3.34. The molecule has 452 valence electrons. The Bertz CT molecular complexity index is 2590. The second kappa shape index (κ2) is 30.3. The van der Waals surface area contributed by atoms with Crippen molar-refractivity contribution in [3.63, 3.8) is 0 Å². The van der Waals surface area contributed by atoms with E-state index in [-0.39, 0.29) is 71.5 Å². The van der Waals surface area contributed by atoms with Crippen LogP contribution in [0.1, 0.15) is 141 Å². The number of imide groups is 1. The number of carbonyl (C=O) groups is 9. The molecule has 2 aromatic carbocycles. The predicted molar refractivity (Wildman–Crippen MR) is 319 cm³/mol. The molecule has 5 unspecified atom stereocenters. The van der Waals surface area contributed by atoms with Crippen LogP contribution < -0.4 is 20.9 Å². The summed E-state index contributed by atoms with van der Waals surface area (Å²) in [6.07, 6.45) is 6.58. The lowest BCUT2D eigenvalue weighted by Gasteiger charge is -2.41. The minimum absolute atomic E-state index is 0.0212. The number of benzene rings is 2. The largest absolute Gasteiger partial charge is 0.480 e. The molecule has 6 rings (SSSR count). The average Bonchev–Trinajstić information content (AvgIpc) is 3.71. The third kappa shape index (κ3) is 16.4. The van der Waals surface area contributed by atoms with Crippen LogP contribution in [0.4, 0.5) is 11.4 Å². The van der Waals surface area contributed by atoms with Gasteiger partial charge in [-0.3, -0.25) is 38.4 Å². The third-order valence-electron chi connectivity index (χ3n) is 17.0. The summed E-state index contributed by atoms with van der Waals surface area (Å²) in [6.45, 7) is 13.2. The quantitative estimate of drug-likeness (QED) is 0.0854. The van der Waals surface area contributed by atoms with Crippen molar-refractivity contribution in [1.29, 1.82) is 0 Å². The first kappa shape index (κ1) is 65.6. The van der Waals surface area contributed by atoms with Gasteiger partial charge in [-0.15, -0.1) is 11.8 Å². The molecule has 4 aliphatic rings. The lowest BCUT2D eigenvalue weighted by atomic mass is 9.89. The molecule has 3 aliphatic heterocycles. The smallest absolute Gasteiger partial charge is 0.326 e. The molecule has 8 amide bonds. The van der Waals surface area contributed by atoms with Crippen LogP contribution in [0.5, 0.6) is 0 Å². The Balaban J connectivity index is 1.18. The Kier molecular flexibility index (Phi) is 24.3. The van der Waals surface area contributed by atoms with Crippen molar-refractivity contribution >= 4 is 88.1 Å². The molecule has 2 saturated heterocycles. The summed E-state index contributed by atoms with van der Waals surface area (Å²) in [5.41, 5.74) is 1.18. The second-order valence-corrected chi connectivity index (χ2v) is 26.4. The Morgan fingerprint density at radius 3 is 2.16 bits per heavy atom. The molecule has 12 atom stereocenters. The highest BCUT2D eigenvalue weighted by Gasteiger charge is 2.45. The van der Waals surface area contributed by atoms with Gasteiger partial charge in [0.25, 0.3) is 5.91 Å². The highest BCUT2D eigenvalue weighted by Crippen LogP contribution is 2.40. The van der Waals surface area contributed by atoms with Gasteiger partial charge < -0.3 is 45.2 Å². The molecule has 0 radical (unpaired) electrons. The maximum atomic E-state index is 15.0. The zero-order chi connectivity index (χ0) is 60.1. The van der Waals surface area contributed by atoms with E-state index in [1.807, 2.05) is 19.9 Å². The molecule has 1 aliphatic carbocycles. The molecule has 21 heteroatoms. The number of aliphatic carboxylic acids is 1. The van der Waals surface area contributed by atoms with Crippen molar-refractivity contribution in [3.8, 4) is 0 Å². The van der Waals surface area contributed by atoms with Crippen molar-refractivity contribution in [3.05, 3.63) is 59.7 Å². The minimum atomic E-state index is -1.18. The van der Waals surface area contributed by atoms with Gasteiger partial charge >= 0.3 is 5.97 Å². The number of ether oxygens (including phenoxy) is 2. The standard InChI is InChI=1S/C61H89N7O12S2/c1-12-37(6)54(47(79-10)33-50(70)67-26-19-24-46(67)55(80-11)38(7)56(72)63-45(61(77)78)28-39-20-15-13-16-21-39)66(9)60(76)52(35(2)3)64-57(73)53(36(4)5)65(8)58(74)40-29-41-31-42(30-40)68-51(71)34-48(59(68)75)82-44-23-18-14-17-22-43(32-44)81-27-25-49(69)62-41/h13,15-16,20-21,29-31,35-38,43-48,52-55H,12,14,17-19,22-28,32-34H2,1-11H3,(H,62,69)(H,63,72)(H,64,73)(H,77,78)/t37-,38+,43?,44?,45-,46-,47+,48?,52-,53?,54?,55+/m0/s1. The van der Waals surface area contributed by atoms with Crippen LogP contribution in [-0.2, 0) is 54.3 Å². The zero-order valence-corrected chi connectivity index (χ0v) is 51.5. The molecule has 4 N–H and O–H groups in total. The van der Waals surface area contributed by atoms with E-state index >= 15 is 0 Å². The van der Waals surface area contributed by atoms with Crippen LogP contribution in [-0.4, -0.2) is 172 Å². The molecule has 2 aromatic rings. The number of anilines is 2. The third-order valence-corrected chi connectivity index (χ3v) is 19.8. The maximum Gasteiger partial charge on any atom is 0.326 e. The van der Waals surface area contributed by atoms with E-state index in [2.05, 4.69) is 16.0 Å². The van der Waals surface area contributed by atoms with Crippen LogP contribution in [0.3, 0.4) is 0 Å². The number of rotatable bonds is 22. The van der Waals surface area contributed by atoms with Crippen LogP contribution in [0.15, 0.2) is 48.5 Å². The van der Waals surface area contributed by atoms with Gasteiger partial charge in [0.1, 0.15) is 18.1 Å². The SMILES string of the molecule is CC[C@H](C)C([C@@H](CC(=O)N1CCC[C@H]1[C@H](OC)[C@@H](C)C(=O)N[C@@H](Cc1ccccc1)C(=O)O)OC)N(C)C(=O)[C@@H](NC(=O)C(C(C)C)N(C)C(=O)c1cc2cc(c1)N1C(=O)CC(SC3CCCCCC(C3)SCCC(=O)N2)C1=O)C(C)C. The Hall–Kier alpha value is -5.51. The maximum absolute atomic E-state index is 15.0. The summed E-state index contributed by atoms with van der Waals surface area (Å²) in [6, 6.07) is 8.96. The topological polar surface area (TPSA) is 241 Å². The summed E-state index contributed by atoms with van der Waals surface area (Å²) in [5.74, 6) is -5.95. The number of nitrogens with one attached hydrogen (secondary N) is 3. The van der Waals surface area contributed by atoms with Gasteiger partial charge in [-0.2, -0.15) is 11.8 Å². The first-order chi connectivity index (χ1) is 39.0. The highest BCUT2D eigenvalue weighted by atomic mass is 32.2. The summed E-state index contributed by atoms with van der Waals surface area (Å²) in [5, 5.41) is 18.6. The molecular formula is C61H89N7O12S2. The fourth-order valence-corrected chi connectivity index (χ4v) is 15.3. The Labute approximate surface area is 493 Å². The minimum Gasteiger partial charge on any atom is -0.480 e. The number of carboxylic acid groups (broad SMARTS) is 1. The molecule has 0 spiro atoms. The fourth-order valence-electron chi connectivity index (χ4n) is 12.3.